The Labute approximate surface area is 192 Å². The smallest absolute Gasteiger partial charge is 0.144 e. The molecule has 0 saturated carbocycles. The molecule has 0 spiro atoms. The first-order chi connectivity index (χ1) is 15.6. The van der Waals surface area contributed by atoms with E-state index in [0.29, 0.717) is 17.9 Å². The Hall–Kier alpha value is -2.78. The van der Waals surface area contributed by atoms with Gasteiger partial charge in [-0.25, -0.2) is 4.39 Å². The first-order valence-electron chi connectivity index (χ1n) is 11.1. The van der Waals surface area contributed by atoms with Gasteiger partial charge in [0.15, 0.2) is 0 Å². The molecule has 0 aliphatic heterocycles. The van der Waals surface area contributed by atoms with Gasteiger partial charge in [0.05, 0.1) is 24.6 Å². The fourth-order valence-corrected chi connectivity index (χ4v) is 5.53. The van der Waals surface area contributed by atoms with Crippen LogP contribution in [0.15, 0.2) is 54.6 Å². The SMILES string of the molecule is COc1cccc2c1c(OC)cc1c3c(ccc12)[C@H](CCc1cccc(Cl)c1F)CCC3. The zero-order chi connectivity index (χ0) is 22.2. The Kier molecular flexibility index (Phi) is 5.69. The van der Waals surface area contributed by atoms with Gasteiger partial charge in [-0.2, -0.15) is 0 Å². The molecule has 164 valence electrons. The fourth-order valence-electron chi connectivity index (χ4n) is 5.34. The highest BCUT2D eigenvalue weighted by atomic mass is 35.5. The number of aryl methyl sites for hydroxylation is 2. The molecular formula is C28H26ClFO2. The predicted molar refractivity (Wildman–Crippen MR) is 130 cm³/mol. The van der Waals surface area contributed by atoms with E-state index < -0.39 is 0 Å². The standard InChI is InChI=1S/C28H26ClFO2/c1-31-25-11-5-9-22-21-15-14-19-17(12-13-18-7-4-10-24(29)28(18)30)6-3-8-20(19)23(21)16-26(32-2)27(22)25/h4-5,7,9-11,14-17H,3,6,8,12-13H2,1-2H3/t17-/m0/s1. The third kappa shape index (κ3) is 3.49. The first kappa shape index (κ1) is 21.1. The van der Waals surface area contributed by atoms with E-state index in [9.17, 15) is 4.39 Å². The molecule has 0 bridgehead atoms. The van der Waals surface area contributed by atoms with Crippen molar-refractivity contribution in [2.24, 2.45) is 0 Å². The van der Waals surface area contributed by atoms with Gasteiger partial charge in [-0.15, -0.1) is 0 Å². The average molecular weight is 449 g/mol. The van der Waals surface area contributed by atoms with Crippen molar-refractivity contribution in [3.63, 3.8) is 0 Å². The minimum atomic E-state index is -0.283. The van der Waals surface area contributed by atoms with Crippen molar-refractivity contribution in [1.82, 2.24) is 0 Å². The van der Waals surface area contributed by atoms with E-state index in [-0.39, 0.29) is 10.8 Å². The lowest BCUT2D eigenvalue weighted by atomic mass is 9.77. The minimum Gasteiger partial charge on any atom is -0.496 e. The van der Waals surface area contributed by atoms with E-state index in [2.05, 4.69) is 24.3 Å². The third-order valence-electron chi connectivity index (χ3n) is 6.88. The Bertz CT molecular complexity index is 1310. The van der Waals surface area contributed by atoms with E-state index in [1.54, 1.807) is 20.3 Å². The quantitative estimate of drug-likeness (QED) is 0.289. The Morgan fingerprint density at radius 1 is 0.938 bits per heavy atom. The molecule has 4 heteroatoms. The molecule has 1 aliphatic rings. The summed E-state index contributed by atoms with van der Waals surface area (Å²) in [6, 6.07) is 18.1. The number of ether oxygens (including phenoxy) is 2. The molecule has 0 aromatic heterocycles. The van der Waals surface area contributed by atoms with Crippen LogP contribution in [0.4, 0.5) is 4.39 Å². The van der Waals surface area contributed by atoms with E-state index in [1.807, 2.05) is 24.3 Å². The van der Waals surface area contributed by atoms with Crippen molar-refractivity contribution in [1.29, 1.82) is 0 Å². The van der Waals surface area contributed by atoms with Crippen molar-refractivity contribution < 1.29 is 13.9 Å². The summed E-state index contributed by atoms with van der Waals surface area (Å²) in [4.78, 5) is 0. The number of fused-ring (bicyclic) bond motifs is 5. The van der Waals surface area contributed by atoms with Crippen LogP contribution >= 0.6 is 11.6 Å². The van der Waals surface area contributed by atoms with E-state index in [4.69, 9.17) is 21.1 Å². The monoisotopic (exact) mass is 448 g/mol. The molecule has 2 nitrogen and oxygen atoms in total. The van der Waals surface area contributed by atoms with Crippen LogP contribution in [-0.2, 0) is 12.8 Å². The summed E-state index contributed by atoms with van der Waals surface area (Å²) in [5.74, 6) is 1.78. The first-order valence-corrected chi connectivity index (χ1v) is 11.5. The van der Waals surface area contributed by atoms with E-state index >= 15 is 0 Å². The van der Waals surface area contributed by atoms with E-state index in [1.165, 1.54) is 21.9 Å². The molecule has 0 unspecified atom stereocenters. The Morgan fingerprint density at radius 3 is 2.56 bits per heavy atom. The molecule has 0 amide bonds. The van der Waals surface area contributed by atoms with Gasteiger partial charge in [-0.3, -0.25) is 0 Å². The second-order valence-corrected chi connectivity index (χ2v) is 8.94. The van der Waals surface area contributed by atoms with Gasteiger partial charge in [-0.1, -0.05) is 48.0 Å². The Morgan fingerprint density at radius 2 is 1.75 bits per heavy atom. The molecule has 0 heterocycles. The van der Waals surface area contributed by atoms with Crippen LogP contribution < -0.4 is 9.47 Å². The molecule has 0 fully saturated rings. The summed E-state index contributed by atoms with van der Waals surface area (Å²) >= 11 is 5.98. The van der Waals surface area contributed by atoms with Crippen molar-refractivity contribution in [2.45, 2.75) is 38.0 Å². The molecule has 1 atom stereocenters. The van der Waals surface area contributed by atoms with Gasteiger partial charge in [0.25, 0.3) is 0 Å². The maximum Gasteiger partial charge on any atom is 0.144 e. The summed E-state index contributed by atoms with van der Waals surface area (Å²) in [5.41, 5.74) is 3.48. The summed E-state index contributed by atoms with van der Waals surface area (Å²) in [6.45, 7) is 0. The zero-order valence-electron chi connectivity index (χ0n) is 18.4. The van der Waals surface area contributed by atoms with Gasteiger partial charge >= 0.3 is 0 Å². The molecule has 1 aliphatic carbocycles. The highest BCUT2D eigenvalue weighted by molar-refractivity contribution is 6.30. The third-order valence-corrected chi connectivity index (χ3v) is 7.18. The lowest BCUT2D eigenvalue weighted by Crippen LogP contribution is -2.12. The van der Waals surface area contributed by atoms with Crippen LogP contribution in [0.3, 0.4) is 0 Å². The van der Waals surface area contributed by atoms with Gasteiger partial charge in [0.1, 0.15) is 17.3 Å². The highest BCUT2D eigenvalue weighted by Crippen LogP contribution is 2.44. The van der Waals surface area contributed by atoms with Crippen LogP contribution in [0.5, 0.6) is 11.5 Å². The molecule has 4 aromatic rings. The van der Waals surface area contributed by atoms with Gasteiger partial charge in [0.2, 0.25) is 0 Å². The van der Waals surface area contributed by atoms with Crippen LogP contribution in [-0.4, -0.2) is 14.2 Å². The van der Waals surface area contributed by atoms with Crippen molar-refractivity contribution in [2.75, 3.05) is 14.2 Å². The number of halogens is 2. The summed E-state index contributed by atoms with van der Waals surface area (Å²) in [6.07, 6.45) is 4.90. The van der Waals surface area contributed by atoms with Gasteiger partial charge in [0, 0.05) is 0 Å². The average Bonchev–Trinajstić information content (AvgIpc) is 2.83. The van der Waals surface area contributed by atoms with Crippen molar-refractivity contribution >= 4 is 33.1 Å². The fraction of sp³-hybridized carbons (Fsp3) is 0.286. The topological polar surface area (TPSA) is 18.5 Å². The number of hydrogen-bond acceptors (Lipinski definition) is 2. The lowest BCUT2D eigenvalue weighted by Gasteiger charge is -2.27. The van der Waals surface area contributed by atoms with Crippen LogP contribution in [0.25, 0.3) is 21.5 Å². The van der Waals surface area contributed by atoms with Crippen molar-refractivity contribution in [3.05, 3.63) is 82.1 Å². The number of benzene rings is 4. The zero-order valence-corrected chi connectivity index (χ0v) is 19.1. The maximum atomic E-state index is 14.4. The minimum absolute atomic E-state index is 0.201. The molecule has 32 heavy (non-hydrogen) atoms. The highest BCUT2D eigenvalue weighted by Gasteiger charge is 2.24. The molecule has 0 N–H and O–H groups in total. The van der Waals surface area contributed by atoms with Crippen LogP contribution in [0.1, 0.15) is 41.9 Å². The molecular weight excluding hydrogens is 423 g/mol. The molecule has 5 rings (SSSR count). The second kappa shape index (κ2) is 8.63. The lowest BCUT2D eigenvalue weighted by molar-refractivity contribution is 0.405. The summed E-state index contributed by atoms with van der Waals surface area (Å²) < 4.78 is 25.8. The largest absolute Gasteiger partial charge is 0.496 e. The molecule has 4 aromatic carbocycles. The van der Waals surface area contributed by atoms with E-state index in [0.717, 1.165) is 48.0 Å². The van der Waals surface area contributed by atoms with Gasteiger partial charge < -0.3 is 9.47 Å². The number of rotatable bonds is 5. The Balaban J connectivity index is 1.59. The van der Waals surface area contributed by atoms with Gasteiger partial charge in [-0.05, 0) is 89.1 Å². The maximum absolute atomic E-state index is 14.4. The predicted octanol–water partition coefficient (Wildman–Crippen LogP) is 7.86. The second-order valence-electron chi connectivity index (χ2n) is 8.53. The number of hydrogen-bond donors (Lipinski definition) is 0. The van der Waals surface area contributed by atoms with Crippen molar-refractivity contribution in [3.8, 4) is 11.5 Å². The van der Waals surface area contributed by atoms with Crippen LogP contribution in [0.2, 0.25) is 5.02 Å². The summed E-state index contributed by atoms with van der Waals surface area (Å²) in [7, 11) is 3.41. The summed E-state index contributed by atoms with van der Waals surface area (Å²) in [5, 5.41) is 4.82. The van der Waals surface area contributed by atoms with Crippen LogP contribution in [0, 0.1) is 5.82 Å². The molecule has 0 radical (unpaired) electrons. The normalized spacial score (nSPS) is 15.7. The molecule has 0 saturated heterocycles. The number of methoxy groups -OCH3 is 2.